The number of halogens is 1. The number of benzene rings is 1. The van der Waals surface area contributed by atoms with Crippen molar-refractivity contribution in [1.82, 2.24) is 5.32 Å². The molecule has 0 spiro atoms. The summed E-state index contributed by atoms with van der Waals surface area (Å²) in [5.74, 6) is 2.14. The Balaban J connectivity index is 1.79. The number of nitrogens with one attached hydrogen (secondary N) is 1. The SMILES string of the molecule is COc1cc(C2CNCCO2)c(Cl)cc1OCC1CC1. The fourth-order valence-corrected chi connectivity index (χ4v) is 2.60. The van der Waals surface area contributed by atoms with E-state index in [4.69, 9.17) is 25.8 Å². The second-order valence-corrected chi connectivity index (χ2v) is 5.75. The van der Waals surface area contributed by atoms with Gasteiger partial charge in [0.15, 0.2) is 11.5 Å². The van der Waals surface area contributed by atoms with Crippen molar-refractivity contribution in [3.05, 3.63) is 22.7 Å². The van der Waals surface area contributed by atoms with Crippen molar-refractivity contribution in [3.8, 4) is 11.5 Å². The third-order valence-electron chi connectivity index (χ3n) is 3.73. The smallest absolute Gasteiger partial charge is 0.162 e. The lowest BCUT2D eigenvalue weighted by Gasteiger charge is -2.25. The zero-order valence-electron chi connectivity index (χ0n) is 11.7. The molecule has 1 atom stereocenters. The Bertz CT molecular complexity index is 470. The fraction of sp³-hybridized carbons (Fsp3) is 0.600. The average Bonchev–Trinajstić information content (AvgIpc) is 3.30. The highest BCUT2D eigenvalue weighted by Crippen LogP contribution is 2.38. The summed E-state index contributed by atoms with van der Waals surface area (Å²) in [6, 6.07) is 3.78. The van der Waals surface area contributed by atoms with Crippen LogP contribution in [-0.2, 0) is 4.74 Å². The topological polar surface area (TPSA) is 39.7 Å². The summed E-state index contributed by atoms with van der Waals surface area (Å²) in [5, 5.41) is 3.98. The highest BCUT2D eigenvalue weighted by atomic mass is 35.5. The Kier molecular flexibility index (Phi) is 4.34. The molecule has 1 saturated carbocycles. The van der Waals surface area contributed by atoms with Gasteiger partial charge in [0, 0.05) is 24.7 Å². The number of morpholine rings is 1. The fourth-order valence-electron chi connectivity index (χ4n) is 2.33. The van der Waals surface area contributed by atoms with E-state index in [-0.39, 0.29) is 6.10 Å². The van der Waals surface area contributed by atoms with Crippen LogP contribution in [0.5, 0.6) is 11.5 Å². The van der Waals surface area contributed by atoms with E-state index in [9.17, 15) is 0 Å². The molecular formula is C15H20ClNO3. The van der Waals surface area contributed by atoms with Crippen molar-refractivity contribution < 1.29 is 14.2 Å². The molecule has 20 heavy (non-hydrogen) atoms. The number of hydrogen-bond donors (Lipinski definition) is 1. The molecule has 1 aromatic carbocycles. The largest absolute Gasteiger partial charge is 0.493 e. The molecule has 1 aromatic rings. The molecule has 1 aliphatic heterocycles. The molecule has 1 aliphatic carbocycles. The van der Waals surface area contributed by atoms with Crippen LogP contribution in [0.1, 0.15) is 24.5 Å². The summed E-state index contributed by atoms with van der Waals surface area (Å²) >= 11 is 6.38. The Morgan fingerprint density at radius 3 is 2.85 bits per heavy atom. The molecule has 0 amide bonds. The van der Waals surface area contributed by atoms with Gasteiger partial charge in [-0.2, -0.15) is 0 Å². The van der Waals surface area contributed by atoms with E-state index >= 15 is 0 Å². The van der Waals surface area contributed by atoms with Gasteiger partial charge < -0.3 is 19.5 Å². The van der Waals surface area contributed by atoms with E-state index in [1.807, 2.05) is 12.1 Å². The quantitative estimate of drug-likeness (QED) is 0.907. The van der Waals surface area contributed by atoms with Gasteiger partial charge in [0.1, 0.15) is 0 Å². The van der Waals surface area contributed by atoms with Crippen LogP contribution in [0, 0.1) is 5.92 Å². The number of ether oxygens (including phenoxy) is 3. The van der Waals surface area contributed by atoms with Gasteiger partial charge in [0.2, 0.25) is 0 Å². The van der Waals surface area contributed by atoms with Crippen LogP contribution >= 0.6 is 11.6 Å². The van der Waals surface area contributed by atoms with Gasteiger partial charge >= 0.3 is 0 Å². The molecule has 0 bridgehead atoms. The summed E-state index contributed by atoms with van der Waals surface area (Å²) in [5.41, 5.74) is 0.953. The molecule has 2 aliphatic rings. The maximum absolute atomic E-state index is 6.38. The van der Waals surface area contributed by atoms with Crippen LogP contribution in [0.15, 0.2) is 12.1 Å². The molecule has 2 fully saturated rings. The van der Waals surface area contributed by atoms with E-state index in [0.717, 1.165) is 36.8 Å². The van der Waals surface area contributed by atoms with Crippen molar-refractivity contribution in [3.63, 3.8) is 0 Å². The summed E-state index contributed by atoms with van der Waals surface area (Å²) in [4.78, 5) is 0. The van der Waals surface area contributed by atoms with Crippen molar-refractivity contribution in [2.45, 2.75) is 18.9 Å². The van der Waals surface area contributed by atoms with Crippen molar-refractivity contribution >= 4 is 11.6 Å². The lowest BCUT2D eigenvalue weighted by molar-refractivity contribution is 0.0276. The maximum atomic E-state index is 6.38. The minimum absolute atomic E-state index is 0.0253. The van der Waals surface area contributed by atoms with Gasteiger partial charge in [-0.1, -0.05) is 11.6 Å². The lowest BCUT2D eigenvalue weighted by Crippen LogP contribution is -2.33. The van der Waals surface area contributed by atoms with Crippen LogP contribution in [0.2, 0.25) is 5.02 Å². The molecule has 4 nitrogen and oxygen atoms in total. The normalized spacial score (nSPS) is 22.6. The van der Waals surface area contributed by atoms with Gasteiger partial charge in [0.05, 0.1) is 31.5 Å². The molecule has 110 valence electrons. The van der Waals surface area contributed by atoms with Crippen LogP contribution in [0.4, 0.5) is 0 Å². The molecule has 1 N–H and O–H groups in total. The molecule has 1 heterocycles. The van der Waals surface area contributed by atoms with Gasteiger partial charge in [-0.15, -0.1) is 0 Å². The predicted molar refractivity (Wildman–Crippen MR) is 77.8 cm³/mol. The van der Waals surface area contributed by atoms with Gasteiger partial charge in [-0.3, -0.25) is 0 Å². The third kappa shape index (κ3) is 3.19. The minimum Gasteiger partial charge on any atom is -0.493 e. The zero-order valence-corrected chi connectivity index (χ0v) is 12.4. The van der Waals surface area contributed by atoms with Crippen LogP contribution < -0.4 is 14.8 Å². The molecule has 0 aromatic heterocycles. The Morgan fingerprint density at radius 1 is 1.35 bits per heavy atom. The first kappa shape index (κ1) is 14.0. The minimum atomic E-state index is -0.0253. The third-order valence-corrected chi connectivity index (χ3v) is 4.06. The Labute approximate surface area is 124 Å². The lowest BCUT2D eigenvalue weighted by atomic mass is 10.1. The van der Waals surface area contributed by atoms with Crippen LogP contribution in [-0.4, -0.2) is 33.4 Å². The zero-order chi connectivity index (χ0) is 13.9. The molecular weight excluding hydrogens is 278 g/mol. The van der Waals surface area contributed by atoms with Crippen LogP contribution in [0.3, 0.4) is 0 Å². The summed E-state index contributed by atoms with van der Waals surface area (Å²) in [7, 11) is 1.65. The highest BCUT2D eigenvalue weighted by molar-refractivity contribution is 6.31. The summed E-state index contributed by atoms with van der Waals surface area (Å²) in [6.07, 6.45) is 2.49. The van der Waals surface area contributed by atoms with E-state index in [2.05, 4.69) is 5.32 Å². The summed E-state index contributed by atoms with van der Waals surface area (Å²) in [6.45, 7) is 3.09. The second kappa shape index (κ2) is 6.20. The Morgan fingerprint density at radius 2 is 2.20 bits per heavy atom. The molecule has 5 heteroatoms. The first-order chi connectivity index (χ1) is 9.78. The Hall–Kier alpha value is -0.970. The number of hydrogen-bond acceptors (Lipinski definition) is 4. The first-order valence-corrected chi connectivity index (χ1v) is 7.48. The van der Waals surface area contributed by atoms with Gasteiger partial charge in [0.25, 0.3) is 0 Å². The molecule has 1 saturated heterocycles. The van der Waals surface area contributed by atoms with Crippen LogP contribution in [0.25, 0.3) is 0 Å². The van der Waals surface area contributed by atoms with Gasteiger partial charge in [-0.25, -0.2) is 0 Å². The average molecular weight is 298 g/mol. The monoisotopic (exact) mass is 297 g/mol. The molecule has 1 unspecified atom stereocenters. The number of rotatable bonds is 5. The van der Waals surface area contributed by atoms with Gasteiger partial charge in [-0.05, 0) is 24.8 Å². The first-order valence-electron chi connectivity index (χ1n) is 7.10. The van der Waals surface area contributed by atoms with Crippen molar-refractivity contribution in [1.29, 1.82) is 0 Å². The van der Waals surface area contributed by atoms with E-state index in [1.54, 1.807) is 7.11 Å². The molecule has 3 rings (SSSR count). The van der Waals surface area contributed by atoms with E-state index in [0.29, 0.717) is 17.5 Å². The predicted octanol–water partition coefficient (Wildman–Crippen LogP) is 2.80. The van der Waals surface area contributed by atoms with E-state index < -0.39 is 0 Å². The highest BCUT2D eigenvalue weighted by Gasteiger charge is 2.24. The number of methoxy groups -OCH3 is 1. The van der Waals surface area contributed by atoms with E-state index in [1.165, 1.54) is 12.8 Å². The van der Waals surface area contributed by atoms with Crippen molar-refractivity contribution in [2.75, 3.05) is 33.4 Å². The molecule has 0 radical (unpaired) electrons. The summed E-state index contributed by atoms with van der Waals surface area (Å²) < 4.78 is 17.0. The second-order valence-electron chi connectivity index (χ2n) is 5.34. The maximum Gasteiger partial charge on any atom is 0.162 e. The van der Waals surface area contributed by atoms with Crippen molar-refractivity contribution in [2.24, 2.45) is 5.92 Å². The standard InChI is InChI=1S/C15H20ClNO3/c1-18-13-6-11(15-8-17-4-5-19-15)12(16)7-14(13)20-9-10-2-3-10/h6-7,10,15,17H,2-5,8-9H2,1H3.